The first-order valence-electron chi connectivity index (χ1n) is 16.4. The molecule has 0 aliphatic carbocycles. The van der Waals surface area contributed by atoms with Gasteiger partial charge in [-0.25, -0.2) is 14.8 Å². The van der Waals surface area contributed by atoms with Gasteiger partial charge in [0.1, 0.15) is 17.9 Å². The lowest BCUT2D eigenvalue weighted by Crippen LogP contribution is -2.48. The second-order valence-corrected chi connectivity index (χ2v) is 12.5. The van der Waals surface area contributed by atoms with Gasteiger partial charge in [-0.3, -0.25) is 9.59 Å². The predicted octanol–water partition coefficient (Wildman–Crippen LogP) is 5.44. The third kappa shape index (κ3) is 6.53. The number of fused-ring (bicyclic) bond motifs is 1. The number of methoxy groups -OCH3 is 1. The number of oxazole rings is 1. The summed E-state index contributed by atoms with van der Waals surface area (Å²) in [5.74, 6) is 1.16. The van der Waals surface area contributed by atoms with E-state index in [2.05, 4.69) is 20.6 Å². The van der Waals surface area contributed by atoms with Crippen LogP contribution < -0.4 is 10.6 Å². The molecule has 49 heavy (non-hydrogen) atoms. The number of H-pyrrole nitrogens is 1. The number of alkyl carbamates (subject to hydrolysis) is 1. The molecule has 4 heterocycles. The Kier molecular flexibility index (Phi) is 8.92. The van der Waals surface area contributed by atoms with E-state index in [9.17, 15) is 14.4 Å². The van der Waals surface area contributed by atoms with Gasteiger partial charge in [-0.2, -0.15) is 0 Å². The third-order valence-corrected chi connectivity index (χ3v) is 9.31. The molecule has 3 N–H and O–H groups in total. The lowest BCUT2D eigenvalue weighted by Gasteiger charge is -2.29. The van der Waals surface area contributed by atoms with Gasteiger partial charge in [0.05, 0.1) is 30.4 Å². The van der Waals surface area contributed by atoms with E-state index in [1.165, 1.54) is 12.0 Å². The van der Waals surface area contributed by atoms with E-state index in [-0.39, 0.29) is 17.9 Å². The van der Waals surface area contributed by atoms with Crippen LogP contribution in [0.1, 0.15) is 54.7 Å². The number of nitrogens with one attached hydrogen (secondary N) is 3. The van der Waals surface area contributed by atoms with Gasteiger partial charge in [0.2, 0.25) is 11.8 Å². The molecule has 0 spiro atoms. The number of likely N-dealkylation sites (tertiary alicyclic amines) is 1. The van der Waals surface area contributed by atoms with Crippen LogP contribution in [0.5, 0.6) is 0 Å². The topological polar surface area (TPSA) is 146 Å². The Balaban J connectivity index is 1.08. The molecule has 7 rings (SSSR count). The number of anilines is 1. The lowest BCUT2D eigenvalue weighted by atomic mass is 10.0. The fraction of sp³-hybridized carbons (Fsp3) is 0.306. The first-order valence-corrected chi connectivity index (χ1v) is 16.4. The number of carbonyl (C=O) groups excluding carboxylic acids is 3. The van der Waals surface area contributed by atoms with Gasteiger partial charge in [-0.15, -0.1) is 0 Å². The van der Waals surface area contributed by atoms with Gasteiger partial charge in [0.25, 0.3) is 5.91 Å². The molecule has 12 nitrogen and oxygen atoms in total. The lowest BCUT2D eigenvalue weighted by molar-refractivity contribution is -0.138. The smallest absolute Gasteiger partial charge is 0.407 e. The number of hydrogen-bond acceptors (Lipinski definition) is 8. The number of aromatic nitrogens is 3. The van der Waals surface area contributed by atoms with Crippen LogP contribution in [0.4, 0.5) is 10.5 Å². The summed E-state index contributed by atoms with van der Waals surface area (Å²) in [6, 6.07) is 18.8. The van der Waals surface area contributed by atoms with E-state index in [1.807, 2.05) is 54.2 Å². The summed E-state index contributed by atoms with van der Waals surface area (Å²) in [5, 5.41) is 5.66. The van der Waals surface area contributed by atoms with Crippen LogP contribution in [-0.2, 0) is 14.3 Å². The van der Waals surface area contributed by atoms with Crippen molar-refractivity contribution >= 4 is 42.6 Å². The van der Waals surface area contributed by atoms with Crippen molar-refractivity contribution in [2.75, 3.05) is 25.5 Å². The van der Waals surface area contributed by atoms with E-state index in [4.69, 9.17) is 22.1 Å². The van der Waals surface area contributed by atoms with Gasteiger partial charge in [0, 0.05) is 23.4 Å². The van der Waals surface area contributed by atoms with E-state index >= 15 is 0 Å². The van der Waals surface area contributed by atoms with Crippen LogP contribution in [0, 0.1) is 6.92 Å². The molecular formula is C36H36BN7O5. The molecule has 0 saturated carbocycles. The normalized spacial score (nSPS) is 18.4. The fourth-order valence-corrected chi connectivity index (χ4v) is 6.65. The minimum Gasteiger partial charge on any atom is -0.453 e. The van der Waals surface area contributed by atoms with Crippen molar-refractivity contribution in [1.82, 2.24) is 30.0 Å². The summed E-state index contributed by atoms with van der Waals surface area (Å²) in [5.41, 5.74) is 5.30. The van der Waals surface area contributed by atoms with Gasteiger partial charge < -0.3 is 34.5 Å². The Bertz CT molecular complexity index is 2010. The standard InChI is InChI=1S/C36H36BN7O5/c1-21-12-13-23(30-20-38-34(49-30)24-14-15-25-27(19-24)40-32(39-25)28-10-7-17-44(28)37)18-26(21)41-33(45)29-11-6-16-43(29)35(46)31(42-36(47)48-2)22-8-4-3-5-9-22/h3-5,8-9,12-15,18-20,28-29,31H,6-7,10-11,16-17H2,1-2H3,(H,39,40)(H,41,45)(H,42,47)/t28-,29-,31+/m0/s1. The zero-order chi connectivity index (χ0) is 34.1. The van der Waals surface area contributed by atoms with E-state index in [0.717, 1.165) is 52.9 Å². The van der Waals surface area contributed by atoms with Crippen molar-refractivity contribution in [2.24, 2.45) is 0 Å². The number of aromatic amines is 1. The van der Waals surface area contributed by atoms with E-state index in [0.29, 0.717) is 42.3 Å². The molecule has 0 bridgehead atoms. The van der Waals surface area contributed by atoms with Crippen LogP contribution >= 0.6 is 0 Å². The molecule has 2 saturated heterocycles. The van der Waals surface area contributed by atoms with E-state index in [1.54, 1.807) is 30.5 Å². The second-order valence-electron chi connectivity index (χ2n) is 12.5. The van der Waals surface area contributed by atoms with Crippen LogP contribution in [-0.4, -0.2) is 76.8 Å². The highest BCUT2D eigenvalue weighted by Gasteiger charge is 2.38. The molecule has 3 aromatic carbocycles. The Morgan fingerprint density at radius 1 is 1.02 bits per heavy atom. The summed E-state index contributed by atoms with van der Waals surface area (Å²) in [7, 11) is 7.39. The summed E-state index contributed by atoms with van der Waals surface area (Å²) in [4.78, 5) is 55.7. The fourth-order valence-electron chi connectivity index (χ4n) is 6.65. The maximum absolute atomic E-state index is 13.8. The Morgan fingerprint density at radius 2 is 1.82 bits per heavy atom. The Hall–Kier alpha value is -5.43. The van der Waals surface area contributed by atoms with Crippen molar-refractivity contribution in [3.63, 3.8) is 0 Å². The first kappa shape index (κ1) is 32.1. The van der Waals surface area contributed by atoms with Gasteiger partial charge in [-0.05, 0) is 74.5 Å². The number of benzene rings is 3. The summed E-state index contributed by atoms with van der Waals surface area (Å²) >= 11 is 0. The quantitative estimate of drug-likeness (QED) is 0.187. The highest BCUT2D eigenvalue weighted by Crippen LogP contribution is 2.33. The summed E-state index contributed by atoms with van der Waals surface area (Å²) in [6.45, 7) is 3.14. The van der Waals surface area contributed by atoms with Crippen LogP contribution in [0.3, 0.4) is 0 Å². The van der Waals surface area contributed by atoms with Crippen molar-refractivity contribution in [1.29, 1.82) is 0 Å². The van der Waals surface area contributed by atoms with E-state index < -0.39 is 18.2 Å². The molecule has 2 aromatic heterocycles. The van der Waals surface area contributed by atoms with Crippen molar-refractivity contribution in [2.45, 2.75) is 50.7 Å². The molecule has 2 fully saturated rings. The van der Waals surface area contributed by atoms with Gasteiger partial charge in [0.15, 0.2) is 13.7 Å². The third-order valence-electron chi connectivity index (χ3n) is 9.31. The van der Waals surface area contributed by atoms with Crippen molar-refractivity contribution < 1.29 is 23.5 Å². The molecule has 248 valence electrons. The van der Waals surface area contributed by atoms with Crippen LogP contribution in [0.25, 0.3) is 33.8 Å². The predicted molar refractivity (Wildman–Crippen MR) is 184 cm³/mol. The zero-order valence-electron chi connectivity index (χ0n) is 27.3. The van der Waals surface area contributed by atoms with Gasteiger partial charge >= 0.3 is 6.09 Å². The maximum atomic E-state index is 13.8. The molecule has 0 unspecified atom stereocenters. The highest BCUT2D eigenvalue weighted by atomic mass is 16.5. The minimum atomic E-state index is -0.993. The number of nitrogens with zero attached hydrogens (tertiary/aromatic N) is 4. The van der Waals surface area contributed by atoms with Crippen LogP contribution in [0.15, 0.2) is 77.3 Å². The number of amides is 3. The zero-order valence-corrected chi connectivity index (χ0v) is 27.3. The number of aryl methyl sites for hydroxylation is 1. The minimum absolute atomic E-state index is 0.0763. The number of carbonyl (C=O) groups is 3. The number of ether oxygens (including phenoxy) is 1. The molecule has 2 aliphatic rings. The summed E-state index contributed by atoms with van der Waals surface area (Å²) in [6.07, 6.45) is 4.08. The average Bonchev–Trinajstić information content (AvgIpc) is 3.94. The van der Waals surface area contributed by atoms with Crippen molar-refractivity contribution in [3.8, 4) is 22.8 Å². The summed E-state index contributed by atoms with van der Waals surface area (Å²) < 4.78 is 11.0. The number of imidazole rings is 1. The first-order chi connectivity index (χ1) is 23.8. The average molecular weight is 658 g/mol. The molecule has 2 radical (unpaired) electrons. The maximum Gasteiger partial charge on any atom is 0.407 e. The Morgan fingerprint density at radius 3 is 2.59 bits per heavy atom. The SMILES string of the molecule is [B]N1CCC[C@H]1c1nc2ccc(-c3ncc(-c4ccc(C)c(NC(=O)[C@@H]5CCCN5C(=O)[C@H](NC(=O)OC)c5ccccc5)c4)o3)cc2[nH]1. The molecule has 2 aliphatic heterocycles. The molecule has 3 atom stereocenters. The highest BCUT2D eigenvalue weighted by molar-refractivity contribution is 6.04. The van der Waals surface area contributed by atoms with Crippen molar-refractivity contribution in [3.05, 3.63) is 89.9 Å². The van der Waals surface area contributed by atoms with Gasteiger partial charge in [-0.1, -0.05) is 42.5 Å². The largest absolute Gasteiger partial charge is 0.453 e. The molecule has 3 amide bonds. The molecule has 13 heteroatoms. The number of hydrogen-bond donors (Lipinski definition) is 3. The number of rotatable bonds is 8. The second kappa shape index (κ2) is 13.6. The molecular weight excluding hydrogens is 621 g/mol. The molecule has 5 aromatic rings. The monoisotopic (exact) mass is 657 g/mol. The Labute approximate surface area is 284 Å². The van der Waals surface area contributed by atoms with Crippen LogP contribution in [0.2, 0.25) is 0 Å².